The van der Waals surface area contributed by atoms with E-state index in [0.29, 0.717) is 0 Å². The van der Waals surface area contributed by atoms with Crippen LogP contribution in [0.5, 0.6) is 5.75 Å². The summed E-state index contributed by atoms with van der Waals surface area (Å²) < 4.78 is 5.26. The molecular formula is C13H18O3S. The van der Waals surface area contributed by atoms with Gasteiger partial charge in [-0.25, -0.2) is 0 Å². The Morgan fingerprint density at radius 3 is 2.76 bits per heavy atom. The molecule has 3 nitrogen and oxygen atoms in total. The van der Waals surface area contributed by atoms with Gasteiger partial charge in [0.2, 0.25) is 0 Å². The molecule has 0 saturated carbocycles. The van der Waals surface area contributed by atoms with E-state index in [0.717, 1.165) is 23.5 Å². The molecular weight excluding hydrogens is 236 g/mol. The maximum Gasteiger partial charge on any atom is 0.304 e. The summed E-state index contributed by atoms with van der Waals surface area (Å²) in [6.45, 7) is 2.07. The molecule has 1 unspecified atom stereocenters. The lowest BCUT2D eigenvalue weighted by Gasteiger charge is -2.15. The predicted octanol–water partition coefficient (Wildman–Crippen LogP) is 3.43. The van der Waals surface area contributed by atoms with E-state index in [-0.39, 0.29) is 11.7 Å². The average molecular weight is 254 g/mol. The van der Waals surface area contributed by atoms with Crippen molar-refractivity contribution in [3.8, 4) is 5.75 Å². The van der Waals surface area contributed by atoms with E-state index in [9.17, 15) is 4.79 Å². The van der Waals surface area contributed by atoms with Crippen molar-refractivity contribution in [2.45, 2.75) is 36.3 Å². The fourth-order valence-corrected chi connectivity index (χ4v) is 2.98. The zero-order valence-corrected chi connectivity index (χ0v) is 11.0. The SMILES string of the molecule is CCCC(CC(=O)O)Sc1ccccc1OC. The van der Waals surface area contributed by atoms with Crippen LogP contribution in [0.15, 0.2) is 29.2 Å². The highest BCUT2D eigenvalue weighted by atomic mass is 32.2. The van der Waals surface area contributed by atoms with Gasteiger partial charge in [0, 0.05) is 10.1 Å². The van der Waals surface area contributed by atoms with Gasteiger partial charge in [-0.3, -0.25) is 4.79 Å². The zero-order chi connectivity index (χ0) is 12.7. The standard InChI is InChI=1S/C13H18O3S/c1-3-6-10(9-13(14)15)17-12-8-5-4-7-11(12)16-2/h4-5,7-8,10H,3,6,9H2,1-2H3,(H,14,15). The van der Waals surface area contributed by atoms with Gasteiger partial charge < -0.3 is 9.84 Å². The van der Waals surface area contributed by atoms with Gasteiger partial charge in [0.1, 0.15) is 5.75 Å². The van der Waals surface area contributed by atoms with Gasteiger partial charge >= 0.3 is 5.97 Å². The third kappa shape index (κ3) is 4.69. The highest BCUT2D eigenvalue weighted by molar-refractivity contribution is 8.00. The number of benzene rings is 1. The first-order chi connectivity index (χ1) is 8.17. The Morgan fingerprint density at radius 2 is 2.18 bits per heavy atom. The number of para-hydroxylation sites is 1. The molecule has 94 valence electrons. The Morgan fingerprint density at radius 1 is 1.47 bits per heavy atom. The second-order valence-electron chi connectivity index (χ2n) is 3.78. The number of hydrogen-bond donors (Lipinski definition) is 1. The number of aliphatic carboxylic acids is 1. The molecule has 1 atom stereocenters. The number of methoxy groups -OCH3 is 1. The Hall–Kier alpha value is -1.16. The summed E-state index contributed by atoms with van der Waals surface area (Å²) in [6.07, 6.45) is 2.08. The van der Waals surface area contributed by atoms with Crippen molar-refractivity contribution in [3.05, 3.63) is 24.3 Å². The van der Waals surface area contributed by atoms with Crippen molar-refractivity contribution >= 4 is 17.7 Å². The number of rotatable bonds is 7. The fourth-order valence-electron chi connectivity index (χ4n) is 1.62. The molecule has 0 saturated heterocycles. The Bertz CT molecular complexity index is 365. The van der Waals surface area contributed by atoms with E-state index >= 15 is 0 Å². The summed E-state index contributed by atoms with van der Waals surface area (Å²) in [4.78, 5) is 11.8. The van der Waals surface area contributed by atoms with Crippen LogP contribution in [0.2, 0.25) is 0 Å². The quantitative estimate of drug-likeness (QED) is 0.757. The first-order valence-corrected chi connectivity index (χ1v) is 6.56. The molecule has 17 heavy (non-hydrogen) atoms. The smallest absolute Gasteiger partial charge is 0.304 e. The topological polar surface area (TPSA) is 46.5 Å². The molecule has 0 aliphatic carbocycles. The van der Waals surface area contributed by atoms with Crippen LogP contribution in [-0.2, 0) is 4.79 Å². The number of carbonyl (C=O) groups is 1. The van der Waals surface area contributed by atoms with Gasteiger partial charge in [-0.2, -0.15) is 0 Å². The Labute approximate surface area is 106 Å². The minimum Gasteiger partial charge on any atom is -0.496 e. The monoisotopic (exact) mass is 254 g/mol. The van der Waals surface area contributed by atoms with Crippen LogP contribution in [0.1, 0.15) is 26.2 Å². The van der Waals surface area contributed by atoms with Gasteiger partial charge in [-0.05, 0) is 18.6 Å². The lowest BCUT2D eigenvalue weighted by Crippen LogP contribution is -2.09. The van der Waals surface area contributed by atoms with Gasteiger partial charge in [-0.1, -0.05) is 25.5 Å². The minimum absolute atomic E-state index is 0.105. The number of ether oxygens (including phenoxy) is 1. The van der Waals surface area contributed by atoms with Crippen molar-refractivity contribution in [1.82, 2.24) is 0 Å². The average Bonchev–Trinajstić information content (AvgIpc) is 2.29. The van der Waals surface area contributed by atoms with E-state index in [4.69, 9.17) is 9.84 Å². The number of carboxylic acids is 1. The normalized spacial score (nSPS) is 12.1. The van der Waals surface area contributed by atoms with Crippen molar-refractivity contribution in [2.75, 3.05) is 7.11 Å². The highest BCUT2D eigenvalue weighted by Crippen LogP contribution is 2.34. The molecule has 1 aromatic carbocycles. The Balaban J connectivity index is 2.74. The summed E-state index contributed by atoms with van der Waals surface area (Å²) in [5, 5.41) is 8.98. The lowest BCUT2D eigenvalue weighted by molar-refractivity contribution is -0.137. The van der Waals surface area contributed by atoms with Crippen LogP contribution >= 0.6 is 11.8 Å². The molecule has 0 aromatic heterocycles. The first kappa shape index (κ1) is 13.9. The fraction of sp³-hybridized carbons (Fsp3) is 0.462. The molecule has 4 heteroatoms. The molecule has 0 amide bonds. The molecule has 0 aliphatic heterocycles. The van der Waals surface area contributed by atoms with Crippen LogP contribution in [0, 0.1) is 0 Å². The van der Waals surface area contributed by atoms with E-state index in [1.54, 1.807) is 18.9 Å². The van der Waals surface area contributed by atoms with Crippen molar-refractivity contribution in [1.29, 1.82) is 0 Å². The first-order valence-electron chi connectivity index (χ1n) is 5.68. The Kier molecular flexibility index (Phi) is 5.91. The van der Waals surface area contributed by atoms with Crippen LogP contribution in [0.3, 0.4) is 0 Å². The van der Waals surface area contributed by atoms with Crippen LogP contribution in [-0.4, -0.2) is 23.4 Å². The molecule has 0 aliphatic rings. The highest BCUT2D eigenvalue weighted by Gasteiger charge is 2.15. The lowest BCUT2D eigenvalue weighted by atomic mass is 10.2. The van der Waals surface area contributed by atoms with Gasteiger partial charge in [0.05, 0.1) is 13.5 Å². The molecule has 1 N–H and O–H groups in total. The van der Waals surface area contributed by atoms with Crippen LogP contribution in [0.4, 0.5) is 0 Å². The molecule has 1 aromatic rings. The minimum atomic E-state index is -0.745. The number of carboxylic acid groups (broad SMARTS) is 1. The van der Waals surface area contributed by atoms with Crippen LogP contribution < -0.4 is 4.74 Å². The summed E-state index contributed by atoms with van der Waals surface area (Å²) in [5.74, 6) is 0.0647. The van der Waals surface area contributed by atoms with Crippen molar-refractivity contribution in [2.24, 2.45) is 0 Å². The van der Waals surface area contributed by atoms with E-state index in [1.807, 2.05) is 24.3 Å². The van der Waals surface area contributed by atoms with Gasteiger partial charge in [0.25, 0.3) is 0 Å². The molecule has 0 radical (unpaired) electrons. The summed E-state index contributed by atoms with van der Waals surface area (Å²) in [6, 6.07) is 7.71. The second-order valence-corrected chi connectivity index (χ2v) is 5.12. The molecule has 0 bridgehead atoms. The predicted molar refractivity (Wildman–Crippen MR) is 69.8 cm³/mol. The van der Waals surface area contributed by atoms with Crippen molar-refractivity contribution in [3.63, 3.8) is 0 Å². The third-order valence-corrected chi connectivity index (χ3v) is 3.70. The summed E-state index contributed by atoms with van der Waals surface area (Å²) >= 11 is 1.59. The van der Waals surface area contributed by atoms with Gasteiger partial charge in [-0.15, -0.1) is 11.8 Å². The van der Waals surface area contributed by atoms with Crippen LogP contribution in [0.25, 0.3) is 0 Å². The maximum absolute atomic E-state index is 10.8. The number of thioether (sulfide) groups is 1. The molecule has 0 fully saturated rings. The van der Waals surface area contributed by atoms with E-state index < -0.39 is 5.97 Å². The largest absolute Gasteiger partial charge is 0.496 e. The second kappa shape index (κ2) is 7.22. The third-order valence-electron chi connectivity index (χ3n) is 2.38. The molecule has 0 spiro atoms. The number of hydrogen-bond acceptors (Lipinski definition) is 3. The van der Waals surface area contributed by atoms with Gasteiger partial charge in [0.15, 0.2) is 0 Å². The van der Waals surface area contributed by atoms with E-state index in [2.05, 4.69) is 6.92 Å². The molecule has 0 heterocycles. The molecule has 1 rings (SSSR count). The summed E-state index contributed by atoms with van der Waals surface area (Å²) in [5.41, 5.74) is 0. The van der Waals surface area contributed by atoms with Crippen molar-refractivity contribution < 1.29 is 14.6 Å². The van der Waals surface area contributed by atoms with E-state index in [1.165, 1.54) is 0 Å². The summed E-state index contributed by atoms with van der Waals surface area (Å²) in [7, 11) is 1.63. The zero-order valence-electron chi connectivity index (χ0n) is 10.2. The maximum atomic E-state index is 10.8.